The van der Waals surface area contributed by atoms with Gasteiger partial charge in [-0.15, -0.1) is 0 Å². The molecule has 0 aromatic rings. The minimum Gasteiger partial charge on any atom is -0.481 e. The smallest absolute Gasteiger partial charge is 0.306 e. The van der Waals surface area contributed by atoms with Crippen LogP contribution in [-0.4, -0.2) is 22.3 Å². The number of aliphatic carboxylic acids is 1. The fourth-order valence-electron chi connectivity index (χ4n) is 4.33. The third-order valence-corrected chi connectivity index (χ3v) is 6.49. The molecule has 0 radical (unpaired) electrons. The zero-order valence-corrected chi connectivity index (χ0v) is 20.0. The van der Waals surface area contributed by atoms with E-state index in [1.54, 1.807) is 0 Å². The molecular formula is C26H52O3. The minimum atomic E-state index is -0.590. The number of carbonyl (C=O) groups is 1. The predicted octanol–water partition coefficient (Wildman–Crippen LogP) is 8.14. The first-order valence-corrected chi connectivity index (χ1v) is 13.0. The molecule has 0 heterocycles. The van der Waals surface area contributed by atoms with Crippen LogP contribution in [-0.2, 0) is 4.79 Å². The average molecular weight is 413 g/mol. The summed E-state index contributed by atoms with van der Waals surface area (Å²) in [7, 11) is 0. The van der Waals surface area contributed by atoms with E-state index >= 15 is 0 Å². The number of carboxylic acid groups (broad SMARTS) is 1. The maximum atomic E-state index is 11.6. The van der Waals surface area contributed by atoms with Crippen molar-refractivity contribution in [2.45, 2.75) is 149 Å². The molecule has 0 spiro atoms. The lowest BCUT2D eigenvalue weighted by atomic mass is 9.86. The van der Waals surface area contributed by atoms with Crippen LogP contribution in [0.1, 0.15) is 143 Å². The number of hydrogen-bond acceptors (Lipinski definition) is 2. The summed E-state index contributed by atoms with van der Waals surface area (Å²) in [5.74, 6) is -0.151. The zero-order chi connectivity index (χ0) is 21.7. The van der Waals surface area contributed by atoms with Gasteiger partial charge in [-0.25, -0.2) is 0 Å². The Labute approximate surface area is 182 Å². The van der Waals surface area contributed by atoms with Gasteiger partial charge >= 0.3 is 5.97 Å². The highest BCUT2D eigenvalue weighted by atomic mass is 16.4. The van der Waals surface area contributed by atoms with Crippen LogP contribution in [0.3, 0.4) is 0 Å². The monoisotopic (exact) mass is 412 g/mol. The number of aliphatic hydroxyl groups is 1. The summed E-state index contributed by atoms with van der Waals surface area (Å²) < 4.78 is 0. The number of unbranched alkanes of at least 4 members (excludes halogenated alkanes) is 10. The topological polar surface area (TPSA) is 57.5 Å². The van der Waals surface area contributed by atoms with Gasteiger partial charge in [0.15, 0.2) is 0 Å². The second-order valence-electron chi connectivity index (χ2n) is 9.24. The van der Waals surface area contributed by atoms with Crippen molar-refractivity contribution in [1.82, 2.24) is 0 Å². The van der Waals surface area contributed by atoms with Gasteiger partial charge in [-0.2, -0.15) is 0 Å². The highest BCUT2D eigenvalue weighted by Crippen LogP contribution is 2.25. The van der Waals surface area contributed by atoms with Crippen LogP contribution in [0.5, 0.6) is 0 Å². The molecule has 3 atom stereocenters. The average Bonchev–Trinajstić information content (AvgIpc) is 2.71. The van der Waals surface area contributed by atoms with Gasteiger partial charge in [0.25, 0.3) is 0 Å². The van der Waals surface area contributed by atoms with Gasteiger partial charge in [-0.05, 0) is 31.6 Å². The van der Waals surface area contributed by atoms with Crippen LogP contribution in [0.15, 0.2) is 0 Å². The fourth-order valence-corrected chi connectivity index (χ4v) is 4.33. The Balaban J connectivity index is 3.66. The summed E-state index contributed by atoms with van der Waals surface area (Å²) in [6, 6.07) is 0. The molecule has 3 unspecified atom stereocenters. The lowest BCUT2D eigenvalue weighted by Gasteiger charge is -2.19. The van der Waals surface area contributed by atoms with Crippen molar-refractivity contribution in [1.29, 1.82) is 0 Å². The molecule has 0 aromatic heterocycles. The molecular weight excluding hydrogens is 360 g/mol. The third-order valence-electron chi connectivity index (χ3n) is 6.49. The van der Waals surface area contributed by atoms with Gasteiger partial charge in [0.2, 0.25) is 0 Å². The van der Waals surface area contributed by atoms with Crippen molar-refractivity contribution < 1.29 is 15.0 Å². The van der Waals surface area contributed by atoms with E-state index in [9.17, 15) is 15.0 Å². The summed E-state index contributed by atoms with van der Waals surface area (Å²) in [5.41, 5.74) is 0. The van der Waals surface area contributed by atoms with Crippen molar-refractivity contribution in [3.8, 4) is 0 Å². The van der Waals surface area contributed by atoms with Crippen LogP contribution in [0.4, 0.5) is 0 Å². The number of carboxylic acids is 1. The molecule has 0 rings (SSSR count). The maximum Gasteiger partial charge on any atom is 0.306 e. The molecule has 0 aromatic carbocycles. The molecule has 29 heavy (non-hydrogen) atoms. The van der Waals surface area contributed by atoms with E-state index in [1.807, 2.05) is 0 Å². The molecule has 0 saturated heterocycles. The van der Waals surface area contributed by atoms with Gasteiger partial charge in [0, 0.05) is 0 Å². The molecule has 0 fully saturated rings. The molecule has 0 aliphatic rings. The standard InChI is InChI=1S/C26H52O3/c1-4-7-9-16-20-25(27)21-17-14-12-10-11-13-15-19-24(26(28)29)22-23(6-3)18-8-5-2/h23-25,27H,4-22H2,1-3H3,(H,28,29). The van der Waals surface area contributed by atoms with Gasteiger partial charge < -0.3 is 10.2 Å². The lowest BCUT2D eigenvalue weighted by molar-refractivity contribution is -0.142. The van der Waals surface area contributed by atoms with E-state index in [2.05, 4.69) is 20.8 Å². The summed E-state index contributed by atoms with van der Waals surface area (Å²) in [4.78, 5) is 11.6. The SMILES string of the molecule is CCCCCCC(O)CCCCCCCCCC(CC(CC)CCCC)C(=O)O. The third kappa shape index (κ3) is 18.0. The highest BCUT2D eigenvalue weighted by Gasteiger charge is 2.21. The number of hydrogen-bond donors (Lipinski definition) is 2. The van der Waals surface area contributed by atoms with Gasteiger partial charge in [0.1, 0.15) is 0 Å². The Hall–Kier alpha value is -0.570. The van der Waals surface area contributed by atoms with E-state index in [0.29, 0.717) is 5.92 Å². The second kappa shape index (κ2) is 20.7. The Morgan fingerprint density at radius 3 is 1.62 bits per heavy atom. The predicted molar refractivity (Wildman–Crippen MR) is 125 cm³/mol. The Morgan fingerprint density at radius 1 is 0.655 bits per heavy atom. The van der Waals surface area contributed by atoms with Gasteiger partial charge in [-0.3, -0.25) is 4.79 Å². The van der Waals surface area contributed by atoms with Crippen molar-refractivity contribution >= 4 is 5.97 Å². The van der Waals surface area contributed by atoms with Crippen LogP contribution in [0.2, 0.25) is 0 Å². The van der Waals surface area contributed by atoms with E-state index in [0.717, 1.165) is 51.4 Å². The number of aliphatic hydroxyl groups excluding tert-OH is 1. The van der Waals surface area contributed by atoms with E-state index in [1.165, 1.54) is 70.6 Å². The van der Waals surface area contributed by atoms with Crippen molar-refractivity contribution in [2.75, 3.05) is 0 Å². The maximum absolute atomic E-state index is 11.6. The Bertz CT molecular complexity index is 356. The molecule has 3 heteroatoms. The van der Waals surface area contributed by atoms with Crippen molar-refractivity contribution in [3.05, 3.63) is 0 Å². The molecule has 0 saturated carbocycles. The van der Waals surface area contributed by atoms with Crippen LogP contribution in [0, 0.1) is 11.8 Å². The molecule has 174 valence electrons. The van der Waals surface area contributed by atoms with Crippen LogP contribution < -0.4 is 0 Å². The molecule has 0 amide bonds. The van der Waals surface area contributed by atoms with Crippen LogP contribution in [0.25, 0.3) is 0 Å². The summed E-state index contributed by atoms with van der Waals surface area (Å²) >= 11 is 0. The summed E-state index contributed by atoms with van der Waals surface area (Å²) in [5, 5.41) is 19.5. The first kappa shape index (κ1) is 28.4. The first-order chi connectivity index (χ1) is 14.0. The lowest BCUT2D eigenvalue weighted by Crippen LogP contribution is -2.18. The highest BCUT2D eigenvalue weighted by molar-refractivity contribution is 5.69. The van der Waals surface area contributed by atoms with Crippen molar-refractivity contribution in [2.24, 2.45) is 11.8 Å². The minimum absolute atomic E-state index is 0.0934. The molecule has 0 bridgehead atoms. The molecule has 3 nitrogen and oxygen atoms in total. The van der Waals surface area contributed by atoms with Gasteiger partial charge in [-0.1, -0.05) is 117 Å². The zero-order valence-electron chi connectivity index (χ0n) is 20.0. The molecule has 0 aliphatic heterocycles. The largest absolute Gasteiger partial charge is 0.481 e. The van der Waals surface area contributed by atoms with E-state index < -0.39 is 5.97 Å². The Morgan fingerprint density at radius 2 is 1.14 bits per heavy atom. The first-order valence-electron chi connectivity index (χ1n) is 13.0. The molecule has 2 N–H and O–H groups in total. The molecule has 0 aliphatic carbocycles. The fraction of sp³-hybridized carbons (Fsp3) is 0.962. The normalized spacial score (nSPS) is 14.6. The number of rotatable bonds is 22. The quantitative estimate of drug-likeness (QED) is 0.176. The van der Waals surface area contributed by atoms with Gasteiger partial charge in [0.05, 0.1) is 12.0 Å². The Kier molecular flexibility index (Phi) is 20.3. The summed E-state index contributed by atoms with van der Waals surface area (Å²) in [6.07, 6.45) is 21.6. The van der Waals surface area contributed by atoms with E-state index in [4.69, 9.17) is 0 Å². The van der Waals surface area contributed by atoms with Crippen LogP contribution >= 0.6 is 0 Å². The second-order valence-corrected chi connectivity index (χ2v) is 9.24. The van der Waals surface area contributed by atoms with Crippen molar-refractivity contribution in [3.63, 3.8) is 0 Å². The van der Waals surface area contributed by atoms with E-state index in [-0.39, 0.29) is 12.0 Å². The summed E-state index contributed by atoms with van der Waals surface area (Å²) in [6.45, 7) is 6.63.